The molecule has 1 atom stereocenters. The van der Waals surface area contributed by atoms with Crippen molar-refractivity contribution in [1.82, 2.24) is 5.32 Å². The fourth-order valence-electron chi connectivity index (χ4n) is 2.07. The van der Waals surface area contributed by atoms with Crippen molar-refractivity contribution in [3.05, 3.63) is 33.7 Å². The normalized spacial score (nSPS) is 27.6. The number of amides is 1. The van der Waals surface area contributed by atoms with E-state index in [0.717, 1.165) is 0 Å². The SMILES string of the molecule is CC1(C)C(=O)NC2=CC([N+](=O)[O-])=CCC21. The Balaban J connectivity index is 2.35. The first-order valence-electron chi connectivity index (χ1n) is 4.80. The molecule has 2 aliphatic rings. The van der Waals surface area contributed by atoms with Crippen molar-refractivity contribution >= 4 is 5.91 Å². The minimum atomic E-state index is -0.468. The molecule has 0 spiro atoms. The minimum Gasteiger partial charge on any atom is -0.329 e. The van der Waals surface area contributed by atoms with Gasteiger partial charge in [0.15, 0.2) is 0 Å². The van der Waals surface area contributed by atoms with Crippen LogP contribution >= 0.6 is 0 Å². The number of carbonyl (C=O) groups is 1. The van der Waals surface area contributed by atoms with Crippen molar-refractivity contribution < 1.29 is 9.72 Å². The van der Waals surface area contributed by atoms with Gasteiger partial charge in [0.05, 0.1) is 10.3 Å². The number of carbonyl (C=O) groups excluding carboxylic acids is 1. The quantitative estimate of drug-likeness (QED) is 0.520. The molecule has 1 saturated heterocycles. The second-order valence-corrected chi connectivity index (χ2v) is 4.45. The highest BCUT2D eigenvalue weighted by Crippen LogP contribution is 2.42. The van der Waals surface area contributed by atoms with Crippen molar-refractivity contribution in [3.8, 4) is 0 Å². The van der Waals surface area contributed by atoms with Crippen LogP contribution in [0.5, 0.6) is 0 Å². The molecule has 0 aromatic rings. The zero-order valence-electron chi connectivity index (χ0n) is 8.61. The van der Waals surface area contributed by atoms with E-state index in [2.05, 4.69) is 5.32 Å². The van der Waals surface area contributed by atoms with Crippen LogP contribution in [0.1, 0.15) is 20.3 Å². The Kier molecular flexibility index (Phi) is 1.92. The molecule has 15 heavy (non-hydrogen) atoms. The van der Waals surface area contributed by atoms with Crippen LogP contribution in [0.3, 0.4) is 0 Å². The molecule has 0 aromatic carbocycles. The van der Waals surface area contributed by atoms with E-state index in [9.17, 15) is 14.9 Å². The maximum absolute atomic E-state index is 11.6. The van der Waals surface area contributed by atoms with Gasteiger partial charge in [0, 0.05) is 17.7 Å². The summed E-state index contributed by atoms with van der Waals surface area (Å²) in [6.07, 6.45) is 3.59. The first kappa shape index (κ1) is 9.89. The standard InChI is InChI=1S/C10H12N2O3/c1-10(2)7-4-3-6(12(14)15)5-8(7)11-9(10)13/h3,5,7H,4H2,1-2H3,(H,11,13). The van der Waals surface area contributed by atoms with Crippen LogP contribution in [-0.4, -0.2) is 10.8 Å². The van der Waals surface area contributed by atoms with Gasteiger partial charge >= 0.3 is 0 Å². The Morgan fingerprint density at radius 1 is 1.60 bits per heavy atom. The molecule has 2 rings (SSSR count). The lowest BCUT2D eigenvalue weighted by Gasteiger charge is -2.23. The molecule has 1 N–H and O–H groups in total. The van der Waals surface area contributed by atoms with Gasteiger partial charge in [0.2, 0.25) is 5.91 Å². The van der Waals surface area contributed by atoms with Gasteiger partial charge in [-0.05, 0) is 12.5 Å². The smallest absolute Gasteiger partial charge is 0.267 e. The summed E-state index contributed by atoms with van der Waals surface area (Å²) in [6, 6.07) is 0. The Morgan fingerprint density at radius 2 is 2.27 bits per heavy atom. The lowest BCUT2D eigenvalue weighted by Crippen LogP contribution is -2.28. The second kappa shape index (κ2) is 2.92. The van der Waals surface area contributed by atoms with Gasteiger partial charge in [-0.25, -0.2) is 0 Å². The van der Waals surface area contributed by atoms with Gasteiger partial charge in [0.1, 0.15) is 0 Å². The van der Waals surface area contributed by atoms with Gasteiger partial charge in [-0.2, -0.15) is 0 Å². The number of nitro groups is 1. The van der Waals surface area contributed by atoms with Crippen LogP contribution in [0.2, 0.25) is 0 Å². The van der Waals surface area contributed by atoms with Crippen LogP contribution in [0.25, 0.3) is 0 Å². The molecule has 1 unspecified atom stereocenters. The van der Waals surface area contributed by atoms with Crippen LogP contribution in [0.15, 0.2) is 23.5 Å². The molecule has 0 radical (unpaired) electrons. The molecule has 1 heterocycles. The fraction of sp³-hybridized carbons (Fsp3) is 0.500. The molecule has 1 fully saturated rings. The Morgan fingerprint density at radius 3 is 2.87 bits per heavy atom. The fourth-order valence-corrected chi connectivity index (χ4v) is 2.07. The van der Waals surface area contributed by atoms with Gasteiger partial charge in [-0.1, -0.05) is 13.8 Å². The summed E-state index contributed by atoms with van der Waals surface area (Å²) >= 11 is 0. The largest absolute Gasteiger partial charge is 0.329 e. The van der Waals surface area contributed by atoms with Gasteiger partial charge < -0.3 is 5.32 Å². The molecule has 1 aliphatic heterocycles. The summed E-state index contributed by atoms with van der Waals surface area (Å²) in [7, 11) is 0. The maximum Gasteiger partial charge on any atom is 0.267 e. The van der Waals surface area contributed by atoms with Crippen LogP contribution < -0.4 is 5.32 Å². The Labute approximate surface area is 87.0 Å². The third-order valence-corrected chi connectivity index (χ3v) is 3.17. The third-order valence-electron chi connectivity index (χ3n) is 3.17. The van der Waals surface area contributed by atoms with E-state index in [4.69, 9.17) is 0 Å². The topological polar surface area (TPSA) is 72.2 Å². The summed E-state index contributed by atoms with van der Waals surface area (Å²) in [5.74, 6) is -0.00884. The molecular weight excluding hydrogens is 196 g/mol. The monoisotopic (exact) mass is 208 g/mol. The summed E-state index contributed by atoms with van der Waals surface area (Å²) in [4.78, 5) is 21.7. The number of nitrogens with one attached hydrogen (secondary N) is 1. The van der Waals surface area contributed by atoms with E-state index in [1.54, 1.807) is 6.08 Å². The molecule has 0 aromatic heterocycles. The Bertz CT molecular complexity index is 407. The molecule has 5 heteroatoms. The van der Waals surface area contributed by atoms with Crippen molar-refractivity contribution in [3.63, 3.8) is 0 Å². The first-order chi connectivity index (χ1) is 6.93. The number of nitrogens with zero attached hydrogens (tertiary/aromatic N) is 1. The second-order valence-electron chi connectivity index (χ2n) is 4.45. The predicted octanol–water partition coefficient (Wildman–Crippen LogP) is 1.21. The van der Waals surface area contributed by atoms with Gasteiger partial charge in [-0.3, -0.25) is 14.9 Å². The van der Waals surface area contributed by atoms with E-state index >= 15 is 0 Å². The van der Waals surface area contributed by atoms with Gasteiger partial charge in [0.25, 0.3) is 5.70 Å². The molecule has 1 amide bonds. The van der Waals surface area contributed by atoms with Gasteiger partial charge in [-0.15, -0.1) is 0 Å². The van der Waals surface area contributed by atoms with Crippen molar-refractivity contribution in [2.75, 3.05) is 0 Å². The number of hydrogen-bond donors (Lipinski definition) is 1. The maximum atomic E-state index is 11.6. The number of fused-ring (bicyclic) bond motifs is 1. The van der Waals surface area contributed by atoms with E-state index in [1.165, 1.54) is 6.08 Å². The average molecular weight is 208 g/mol. The van der Waals surface area contributed by atoms with Crippen LogP contribution in [0.4, 0.5) is 0 Å². The molecule has 0 bridgehead atoms. The lowest BCUT2D eigenvalue weighted by atomic mass is 9.76. The molecule has 0 saturated carbocycles. The summed E-state index contributed by atoms with van der Waals surface area (Å²) in [5, 5.41) is 13.3. The molecule has 5 nitrogen and oxygen atoms in total. The molecule has 80 valence electrons. The summed E-state index contributed by atoms with van der Waals surface area (Å²) < 4.78 is 0. The van der Waals surface area contributed by atoms with E-state index in [-0.39, 0.29) is 17.5 Å². The number of allylic oxidation sites excluding steroid dienone is 3. The van der Waals surface area contributed by atoms with Crippen LogP contribution in [0, 0.1) is 21.4 Å². The van der Waals surface area contributed by atoms with Crippen molar-refractivity contribution in [1.29, 1.82) is 0 Å². The highest BCUT2D eigenvalue weighted by Gasteiger charge is 2.46. The molecule has 1 aliphatic carbocycles. The summed E-state index contributed by atoms with van der Waals surface area (Å²) in [5.41, 5.74) is 0.281. The zero-order valence-corrected chi connectivity index (χ0v) is 8.61. The zero-order chi connectivity index (χ0) is 11.2. The van der Waals surface area contributed by atoms with Crippen molar-refractivity contribution in [2.45, 2.75) is 20.3 Å². The average Bonchev–Trinajstić information content (AvgIpc) is 2.38. The van der Waals surface area contributed by atoms with E-state index < -0.39 is 10.3 Å². The number of rotatable bonds is 1. The predicted molar refractivity (Wildman–Crippen MR) is 53.2 cm³/mol. The Hall–Kier alpha value is -1.65. The van der Waals surface area contributed by atoms with Crippen molar-refractivity contribution in [2.24, 2.45) is 11.3 Å². The first-order valence-corrected chi connectivity index (χ1v) is 4.80. The van der Waals surface area contributed by atoms with Crippen LogP contribution in [-0.2, 0) is 4.79 Å². The molecular formula is C10H12N2O3. The highest BCUT2D eigenvalue weighted by molar-refractivity contribution is 5.87. The number of hydrogen-bond acceptors (Lipinski definition) is 3. The van der Waals surface area contributed by atoms with E-state index in [1.807, 2.05) is 13.8 Å². The third kappa shape index (κ3) is 1.35. The van der Waals surface area contributed by atoms with E-state index in [0.29, 0.717) is 12.1 Å². The lowest BCUT2D eigenvalue weighted by molar-refractivity contribution is -0.419. The highest BCUT2D eigenvalue weighted by atomic mass is 16.6. The minimum absolute atomic E-state index is 0.0497. The summed E-state index contributed by atoms with van der Waals surface area (Å²) in [6.45, 7) is 3.72.